The molecule has 0 amide bonds. The van der Waals surface area contributed by atoms with E-state index in [0.29, 0.717) is 17.8 Å². The molecule has 0 radical (unpaired) electrons. The first-order valence-electron chi connectivity index (χ1n) is 10.5. The van der Waals surface area contributed by atoms with Gasteiger partial charge >= 0.3 is 0 Å². The highest BCUT2D eigenvalue weighted by Crippen LogP contribution is 2.33. The van der Waals surface area contributed by atoms with Crippen LogP contribution in [0.25, 0.3) is 11.0 Å². The van der Waals surface area contributed by atoms with Crippen LogP contribution in [0.4, 0.5) is 11.8 Å². The molecular formula is C22H27N7. The van der Waals surface area contributed by atoms with Crippen molar-refractivity contribution in [2.24, 2.45) is 0 Å². The number of aromatic nitrogens is 4. The zero-order chi connectivity index (χ0) is 19.8. The summed E-state index contributed by atoms with van der Waals surface area (Å²) >= 11 is 0. The van der Waals surface area contributed by atoms with Crippen LogP contribution in [0, 0.1) is 6.92 Å². The Balaban J connectivity index is 1.28. The van der Waals surface area contributed by atoms with Crippen LogP contribution in [0.1, 0.15) is 41.6 Å². The van der Waals surface area contributed by atoms with Crippen molar-refractivity contribution in [3.63, 3.8) is 0 Å². The minimum atomic E-state index is 0.357. The van der Waals surface area contributed by atoms with Crippen LogP contribution in [0.2, 0.25) is 0 Å². The number of nitrogen functional groups attached to an aromatic ring is 1. The number of likely N-dealkylation sites (tertiary alicyclic amines) is 1. The van der Waals surface area contributed by atoms with Crippen LogP contribution < -0.4 is 11.1 Å². The Morgan fingerprint density at radius 2 is 1.83 bits per heavy atom. The summed E-state index contributed by atoms with van der Waals surface area (Å²) in [5, 5.41) is 4.47. The van der Waals surface area contributed by atoms with Crippen molar-refractivity contribution in [3.05, 3.63) is 46.9 Å². The number of hydrogen-bond acceptors (Lipinski definition) is 7. The van der Waals surface area contributed by atoms with E-state index in [4.69, 9.17) is 15.7 Å². The van der Waals surface area contributed by atoms with Crippen molar-refractivity contribution in [2.45, 2.75) is 51.6 Å². The molecule has 1 saturated heterocycles. The molecule has 0 saturated carbocycles. The highest BCUT2D eigenvalue weighted by atomic mass is 15.2. The number of nitrogens with two attached hydrogens (primary N) is 1. The van der Waals surface area contributed by atoms with Crippen molar-refractivity contribution < 1.29 is 0 Å². The second-order valence-corrected chi connectivity index (χ2v) is 8.19. The van der Waals surface area contributed by atoms with Crippen LogP contribution >= 0.6 is 0 Å². The first kappa shape index (κ1) is 18.2. The molecule has 3 aromatic rings. The quantitative estimate of drug-likeness (QED) is 0.709. The smallest absolute Gasteiger partial charge is 0.226 e. The van der Waals surface area contributed by atoms with Gasteiger partial charge in [-0.25, -0.2) is 4.98 Å². The van der Waals surface area contributed by atoms with Crippen molar-refractivity contribution in [1.82, 2.24) is 24.8 Å². The van der Waals surface area contributed by atoms with Crippen LogP contribution in [0.5, 0.6) is 0 Å². The lowest BCUT2D eigenvalue weighted by molar-refractivity contribution is 0.211. The molecule has 2 aliphatic rings. The molecule has 1 aliphatic carbocycles. The normalized spacial score (nSPS) is 17.6. The van der Waals surface area contributed by atoms with E-state index in [2.05, 4.69) is 39.2 Å². The fraction of sp³-hybridized carbons (Fsp3) is 0.455. The molecule has 5 rings (SSSR count). The molecule has 1 fully saturated rings. The third kappa shape index (κ3) is 3.62. The van der Waals surface area contributed by atoms with Crippen LogP contribution in [-0.2, 0) is 19.4 Å². The van der Waals surface area contributed by atoms with Crippen molar-refractivity contribution in [1.29, 1.82) is 0 Å². The Hall–Kier alpha value is -2.80. The Kier molecular flexibility index (Phi) is 4.75. The van der Waals surface area contributed by atoms with Gasteiger partial charge in [0.05, 0.1) is 5.39 Å². The summed E-state index contributed by atoms with van der Waals surface area (Å²) in [5.41, 5.74) is 12.1. The van der Waals surface area contributed by atoms with Crippen LogP contribution in [0.3, 0.4) is 0 Å². The molecule has 1 aliphatic heterocycles. The minimum Gasteiger partial charge on any atom is -0.383 e. The number of piperidine rings is 1. The van der Waals surface area contributed by atoms with E-state index in [1.54, 1.807) is 0 Å². The van der Waals surface area contributed by atoms with Gasteiger partial charge in [0, 0.05) is 43.8 Å². The Morgan fingerprint density at radius 1 is 1.07 bits per heavy atom. The lowest BCUT2D eigenvalue weighted by Crippen LogP contribution is -2.39. The van der Waals surface area contributed by atoms with Crippen LogP contribution in [0.15, 0.2) is 24.5 Å². The molecule has 0 bridgehead atoms. The predicted octanol–water partition coefficient (Wildman–Crippen LogP) is 2.88. The predicted molar refractivity (Wildman–Crippen MR) is 115 cm³/mol. The maximum absolute atomic E-state index is 6.35. The number of rotatable bonds is 4. The molecule has 29 heavy (non-hydrogen) atoms. The Morgan fingerprint density at radius 3 is 2.62 bits per heavy atom. The molecule has 0 spiro atoms. The average molecular weight is 390 g/mol. The summed E-state index contributed by atoms with van der Waals surface area (Å²) in [6.45, 7) is 5.15. The molecule has 0 aromatic carbocycles. The second kappa shape index (κ2) is 7.55. The third-order valence-electron chi connectivity index (χ3n) is 6.22. The molecule has 0 atom stereocenters. The number of pyridine rings is 2. The largest absolute Gasteiger partial charge is 0.383 e. The zero-order valence-electron chi connectivity index (χ0n) is 16.9. The topological polar surface area (TPSA) is 92.9 Å². The number of hydrogen-bond donors (Lipinski definition) is 2. The molecule has 4 heterocycles. The van der Waals surface area contributed by atoms with Gasteiger partial charge in [-0.3, -0.25) is 9.88 Å². The summed E-state index contributed by atoms with van der Waals surface area (Å²) in [5.74, 6) is 1.16. The van der Waals surface area contributed by atoms with E-state index >= 15 is 0 Å². The van der Waals surface area contributed by atoms with E-state index < -0.39 is 0 Å². The van der Waals surface area contributed by atoms with Crippen molar-refractivity contribution >= 4 is 22.8 Å². The zero-order valence-corrected chi connectivity index (χ0v) is 16.9. The maximum atomic E-state index is 6.35. The summed E-state index contributed by atoms with van der Waals surface area (Å²) < 4.78 is 0. The first-order chi connectivity index (χ1) is 14.2. The molecular weight excluding hydrogens is 362 g/mol. The van der Waals surface area contributed by atoms with E-state index in [0.717, 1.165) is 68.5 Å². The van der Waals surface area contributed by atoms with Gasteiger partial charge in [-0.1, -0.05) is 0 Å². The standard InChI is InChI=1S/C22H27N7/c1-14-17-3-2-4-18(17)19-20(23)27-22(28-21(19)25-14)26-16-7-11-29(12-8-16)13-15-5-9-24-10-6-15/h5-6,9-10,16H,2-4,7-8,11-13H2,1H3,(H3,23,25,26,27,28). The van der Waals surface area contributed by atoms with E-state index in [-0.39, 0.29) is 0 Å². The van der Waals surface area contributed by atoms with Gasteiger partial charge in [0.1, 0.15) is 5.82 Å². The molecule has 150 valence electrons. The molecule has 0 unspecified atom stereocenters. The maximum Gasteiger partial charge on any atom is 0.226 e. The number of anilines is 2. The van der Waals surface area contributed by atoms with Crippen molar-refractivity contribution in [3.8, 4) is 0 Å². The van der Waals surface area contributed by atoms with E-state index in [1.165, 1.54) is 16.7 Å². The molecule has 3 N–H and O–H groups in total. The summed E-state index contributed by atoms with van der Waals surface area (Å²) in [6.07, 6.45) is 9.13. The minimum absolute atomic E-state index is 0.357. The number of fused-ring (bicyclic) bond motifs is 3. The van der Waals surface area contributed by atoms with Crippen molar-refractivity contribution in [2.75, 3.05) is 24.1 Å². The number of aryl methyl sites for hydroxylation is 2. The highest BCUT2D eigenvalue weighted by molar-refractivity contribution is 5.91. The Labute approximate surface area is 170 Å². The highest BCUT2D eigenvalue weighted by Gasteiger charge is 2.23. The van der Waals surface area contributed by atoms with Gasteiger partial charge in [-0.15, -0.1) is 0 Å². The molecule has 3 aromatic heterocycles. The first-order valence-corrected chi connectivity index (χ1v) is 10.5. The lowest BCUT2D eigenvalue weighted by Gasteiger charge is -2.32. The SMILES string of the molecule is Cc1nc2nc(NC3CCN(Cc4ccncc4)CC3)nc(N)c2c2c1CCC2. The molecule has 7 nitrogen and oxygen atoms in total. The third-order valence-corrected chi connectivity index (χ3v) is 6.22. The van der Waals surface area contributed by atoms with Gasteiger partial charge in [-0.2, -0.15) is 9.97 Å². The van der Waals surface area contributed by atoms with E-state index in [9.17, 15) is 0 Å². The second-order valence-electron chi connectivity index (χ2n) is 8.19. The van der Waals surface area contributed by atoms with Gasteiger partial charge in [0.25, 0.3) is 0 Å². The lowest BCUT2D eigenvalue weighted by atomic mass is 10.0. The van der Waals surface area contributed by atoms with Gasteiger partial charge in [-0.05, 0) is 67.9 Å². The summed E-state index contributed by atoms with van der Waals surface area (Å²) in [7, 11) is 0. The monoisotopic (exact) mass is 389 g/mol. The average Bonchev–Trinajstić information content (AvgIpc) is 3.20. The van der Waals surface area contributed by atoms with Gasteiger partial charge in [0.2, 0.25) is 5.95 Å². The summed E-state index contributed by atoms with van der Waals surface area (Å²) in [4.78, 5) is 20.6. The number of nitrogens with one attached hydrogen (secondary N) is 1. The fourth-order valence-corrected chi connectivity index (χ4v) is 4.71. The van der Waals surface area contributed by atoms with E-state index in [1.807, 2.05) is 12.4 Å². The van der Waals surface area contributed by atoms with Gasteiger partial charge in [0.15, 0.2) is 5.65 Å². The van der Waals surface area contributed by atoms with Crippen LogP contribution in [-0.4, -0.2) is 44.0 Å². The fourth-order valence-electron chi connectivity index (χ4n) is 4.71. The Bertz CT molecular complexity index is 1030. The summed E-state index contributed by atoms with van der Waals surface area (Å²) in [6, 6.07) is 4.53. The van der Waals surface area contributed by atoms with Gasteiger partial charge < -0.3 is 11.1 Å². The molecule has 7 heteroatoms. The number of nitrogens with zero attached hydrogens (tertiary/aromatic N) is 5.